The lowest BCUT2D eigenvalue weighted by atomic mass is 10.2. The maximum absolute atomic E-state index is 5.89. The summed E-state index contributed by atoms with van der Waals surface area (Å²) in [6.45, 7) is 2.02. The number of rotatable bonds is 3. The van der Waals surface area contributed by atoms with Gasteiger partial charge in [0.05, 0.1) is 5.02 Å². The molecule has 1 aromatic heterocycles. The van der Waals surface area contributed by atoms with E-state index in [1.165, 1.54) is 4.88 Å². The highest BCUT2D eigenvalue weighted by atomic mass is 35.5. The van der Waals surface area contributed by atoms with Gasteiger partial charge in [-0.25, -0.2) is 0 Å². The van der Waals surface area contributed by atoms with Crippen molar-refractivity contribution in [3.05, 3.63) is 21.3 Å². The maximum atomic E-state index is 5.89. The Bertz CT molecular complexity index is 223. The second-order valence-electron chi connectivity index (χ2n) is 2.71. The highest BCUT2D eigenvalue weighted by molar-refractivity contribution is 7.10. The molecule has 0 unspecified atom stereocenters. The van der Waals surface area contributed by atoms with Gasteiger partial charge in [-0.1, -0.05) is 11.6 Å². The van der Waals surface area contributed by atoms with Crippen LogP contribution in [-0.4, -0.2) is 6.04 Å². The molecular weight excluding hydrogens is 213 g/mol. The number of hydrogen-bond donors (Lipinski definition) is 1. The lowest BCUT2D eigenvalue weighted by molar-refractivity contribution is 0.670. The third kappa shape index (κ3) is 3.76. The lowest BCUT2D eigenvalue weighted by Crippen LogP contribution is -2.15. The standard InChI is InChI=1S/C8H12ClNS.ClH/c1-6(10)2-3-8-7(9)4-5-11-8;/h4-6H,2-3,10H2,1H3;1H/t6-;/m1./s1. The van der Waals surface area contributed by atoms with Crippen molar-refractivity contribution in [1.82, 2.24) is 0 Å². The molecule has 0 bridgehead atoms. The van der Waals surface area contributed by atoms with E-state index >= 15 is 0 Å². The van der Waals surface area contributed by atoms with Crippen molar-refractivity contribution in [2.24, 2.45) is 5.73 Å². The minimum absolute atomic E-state index is 0. The van der Waals surface area contributed by atoms with Crippen LogP contribution >= 0.6 is 35.3 Å². The monoisotopic (exact) mass is 225 g/mol. The van der Waals surface area contributed by atoms with Crippen LogP contribution in [0.1, 0.15) is 18.2 Å². The molecule has 0 aromatic carbocycles. The van der Waals surface area contributed by atoms with E-state index in [9.17, 15) is 0 Å². The molecule has 0 saturated heterocycles. The Hall–Kier alpha value is 0.240. The third-order valence-corrected chi connectivity index (χ3v) is 2.96. The summed E-state index contributed by atoms with van der Waals surface area (Å²) in [5.41, 5.74) is 5.62. The van der Waals surface area contributed by atoms with Gasteiger partial charge in [0.15, 0.2) is 0 Å². The van der Waals surface area contributed by atoms with E-state index in [1.54, 1.807) is 11.3 Å². The summed E-state index contributed by atoms with van der Waals surface area (Å²) < 4.78 is 0. The fourth-order valence-electron chi connectivity index (χ4n) is 0.862. The zero-order valence-electron chi connectivity index (χ0n) is 6.92. The molecule has 2 N–H and O–H groups in total. The predicted molar refractivity (Wildman–Crippen MR) is 58.5 cm³/mol. The van der Waals surface area contributed by atoms with Crippen molar-refractivity contribution in [3.63, 3.8) is 0 Å². The van der Waals surface area contributed by atoms with Crippen LogP contribution in [0.3, 0.4) is 0 Å². The molecular formula is C8H13Cl2NS. The molecule has 0 aliphatic heterocycles. The third-order valence-electron chi connectivity index (χ3n) is 1.52. The molecule has 1 nitrogen and oxygen atoms in total. The largest absolute Gasteiger partial charge is 0.328 e. The Morgan fingerprint density at radius 2 is 2.33 bits per heavy atom. The molecule has 1 rings (SSSR count). The van der Waals surface area contributed by atoms with E-state index < -0.39 is 0 Å². The van der Waals surface area contributed by atoms with Crippen LogP contribution in [0, 0.1) is 0 Å². The molecule has 0 amide bonds. The van der Waals surface area contributed by atoms with Crippen LogP contribution in [0.4, 0.5) is 0 Å². The number of halogens is 2. The van der Waals surface area contributed by atoms with Gasteiger partial charge in [0.1, 0.15) is 0 Å². The van der Waals surface area contributed by atoms with Crippen LogP contribution < -0.4 is 5.73 Å². The topological polar surface area (TPSA) is 26.0 Å². The zero-order chi connectivity index (χ0) is 8.27. The number of nitrogens with two attached hydrogens (primary N) is 1. The molecule has 0 radical (unpaired) electrons. The molecule has 0 saturated carbocycles. The highest BCUT2D eigenvalue weighted by Crippen LogP contribution is 2.23. The van der Waals surface area contributed by atoms with Gasteiger partial charge >= 0.3 is 0 Å². The molecule has 4 heteroatoms. The summed E-state index contributed by atoms with van der Waals surface area (Å²) in [4.78, 5) is 1.25. The van der Waals surface area contributed by atoms with Gasteiger partial charge in [-0.05, 0) is 31.2 Å². The molecule has 1 heterocycles. The van der Waals surface area contributed by atoms with E-state index in [0.717, 1.165) is 17.9 Å². The van der Waals surface area contributed by atoms with Crippen LogP contribution in [-0.2, 0) is 6.42 Å². The molecule has 0 fully saturated rings. The molecule has 0 aliphatic rings. The van der Waals surface area contributed by atoms with Crippen molar-refractivity contribution < 1.29 is 0 Å². The smallest absolute Gasteiger partial charge is 0.0544 e. The summed E-state index contributed by atoms with van der Waals surface area (Å²) in [5, 5.41) is 2.90. The van der Waals surface area contributed by atoms with E-state index in [1.807, 2.05) is 18.4 Å². The molecule has 0 aliphatic carbocycles. The molecule has 70 valence electrons. The Labute approximate surface area is 88.3 Å². The first kappa shape index (κ1) is 12.2. The fraction of sp³-hybridized carbons (Fsp3) is 0.500. The van der Waals surface area contributed by atoms with Gasteiger partial charge < -0.3 is 5.73 Å². The average Bonchev–Trinajstić information content (AvgIpc) is 2.31. The van der Waals surface area contributed by atoms with Crippen LogP contribution in [0.2, 0.25) is 5.02 Å². The summed E-state index contributed by atoms with van der Waals surface area (Å²) in [6.07, 6.45) is 2.02. The summed E-state index contributed by atoms with van der Waals surface area (Å²) in [5.74, 6) is 0. The first-order valence-electron chi connectivity index (χ1n) is 3.67. The Balaban J connectivity index is 0.00000121. The van der Waals surface area contributed by atoms with Gasteiger partial charge in [-0.2, -0.15) is 0 Å². The quantitative estimate of drug-likeness (QED) is 0.841. The summed E-state index contributed by atoms with van der Waals surface area (Å²) >= 11 is 7.60. The number of aryl methyl sites for hydroxylation is 1. The number of thiophene rings is 1. The summed E-state index contributed by atoms with van der Waals surface area (Å²) in [6, 6.07) is 2.20. The van der Waals surface area contributed by atoms with Gasteiger partial charge in [0.25, 0.3) is 0 Å². The van der Waals surface area contributed by atoms with Gasteiger partial charge in [-0.15, -0.1) is 23.7 Å². The fourth-order valence-corrected chi connectivity index (χ4v) is 2.01. The van der Waals surface area contributed by atoms with Crippen LogP contribution in [0.5, 0.6) is 0 Å². The highest BCUT2D eigenvalue weighted by Gasteiger charge is 2.02. The molecule has 1 atom stereocenters. The van der Waals surface area contributed by atoms with Gasteiger partial charge in [-0.3, -0.25) is 0 Å². The SMILES string of the molecule is C[C@@H](N)CCc1sccc1Cl.Cl. The van der Waals surface area contributed by atoms with Crippen LogP contribution in [0.15, 0.2) is 11.4 Å². The molecule has 12 heavy (non-hydrogen) atoms. The van der Waals surface area contributed by atoms with E-state index in [0.29, 0.717) is 0 Å². The first-order valence-corrected chi connectivity index (χ1v) is 4.93. The van der Waals surface area contributed by atoms with E-state index in [-0.39, 0.29) is 18.4 Å². The minimum atomic E-state index is 0. The minimum Gasteiger partial charge on any atom is -0.328 e. The first-order chi connectivity index (χ1) is 5.20. The number of hydrogen-bond acceptors (Lipinski definition) is 2. The second kappa shape index (κ2) is 5.81. The average molecular weight is 226 g/mol. The van der Waals surface area contributed by atoms with Crippen molar-refractivity contribution >= 4 is 35.3 Å². The van der Waals surface area contributed by atoms with Gasteiger partial charge in [0.2, 0.25) is 0 Å². The normalized spacial score (nSPS) is 12.2. The lowest BCUT2D eigenvalue weighted by Gasteiger charge is -2.02. The van der Waals surface area contributed by atoms with E-state index in [4.69, 9.17) is 17.3 Å². The van der Waals surface area contributed by atoms with Crippen molar-refractivity contribution in [2.75, 3.05) is 0 Å². The van der Waals surface area contributed by atoms with Crippen molar-refractivity contribution in [2.45, 2.75) is 25.8 Å². The van der Waals surface area contributed by atoms with E-state index in [2.05, 4.69) is 0 Å². The van der Waals surface area contributed by atoms with Crippen molar-refractivity contribution in [3.8, 4) is 0 Å². The Kier molecular flexibility index (Phi) is 5.93. The molecule has 0 spiro atoms. The van der Waals surface area contributed by atoms with Crippen LogP contribution in [0.25, 0.3) is 0 Å². The second-order valence-corrected chi connectivity index (χ2v) is 4.12. The molecule has 1 aromatic rings. The van der Waals surface area contributed by atoms with Gasteiger partial charge in [0, 0.05) is 10.9 Å². The predicted octanol–water partition coefficient (Wildman–Crippen LogP) is 3.10. The Morgan fingerprint density at radius 1 is 1.67 bits per heavy atom. The maximum Gasteiger partial charge on any atom is 0.0544 e. The summed E-state index contributed by atoms with van der Waals surface area (Å²) in [7, 11) is 0. The Morgan fingerprint density at radius 3 is 2.75 bits per heavy atom. The van der Waals surface area contributed by atoms with Crippen molar-refractivity contribution in [1.29, 1.82) is 0 Å². The zero-order valence-corrected chi connectivity index (χ0v) is 9.31.